The van der Waals surface area contributed by atoms with Crippen LogP contribution in [0.1, 0.15) is 42.1 Å². The van der Waals surface area contributed by atoms with Crippen molar-refractivity contribution in [1.82, 2.24) is 4.31 Å². The smallest absolute Gasteiger partial charge is 0.255 e. The van der Waals surface area contributed by atoms with E-state index >= 15 is 0 Å². The van der Waals surface area contributed by atoms with E-state index in [2.05, 4.69) is 5.32 Å². The van der Waals surface area contributed by atoms with Crippen LogP contribution in [-0.2, 0) is 10.0 Å². The fourth-order valence-electron chi connectivity index (χ4n) is 3.28. The van der Waals surface area contributed by atoms with Gasteiger partial charge in [-0.25, -0.2) is 8.42 Å². The predicted molar refractivity (Wildman–Crippen MR) is 108 cm³/mol. The van der Waals surface area contributed by atoms with Crippen LogP contribution in [-0.4, -0.2) is 31.2 Å². The number of hydrogen-bond donors (Lipinski definition) is 1. The SMILES string of the molecule is Cc1c(Cl)cccc1NC(=O)c1ccc(S(=O)(=O)N2CCCC[C@@H]2C)cc1. The van der Waals surface area contributed by atoms with Gasteiger partial charge >= 0.3 is 0 Å². The molecule has 5 nitrogen and oxygen atoms in total. The molecule has 1 aliphatic rings. The van der Waals surface area contributed by atoms with Crippen molar-refractivity contribution in [2.45, 2.75) is 44.0 Å². The zero-order valence-corrected chi connectivity index (χ0v) is 17.0. The highest BCUT2D eigenvalue weighted by Gasteiger charge is 2.30. The first-order valence-electron chi connectivity index (χ1n) is 8.99. The van der Waals surface area contributed by atoms with Crippen molar-refractivity contribution in [1.29, 1.82) is 0 Å². The maximum Gasteiger partial charge on any atom is 0.255 e. The van der Waals surface area contributed by atoms with Crippen molar-refractivity contribution in [3.05, 3.63) is 58.6 Å². The van der Waals surface area contributed by atoms with Crippen LogP contribution in [0.25, 0.3) is 0 Å². The predicted octanol–water partition coefficient (Wildman–Crippen LogP) is 4.46. The van der Waals surface area contributed by atoms with Gasteiger partial charge in [0.15, 0.2) is 0 Å². The molecule has 1 amide bonds. The van der Waals surface area contributed by atoms with E-state index in [0.29, 0.717) is 22.8 Å². The van der Waals surface area contributed by atoms with Gasteiger partial charge in [-0.3, -0.25) is 4.79 Å². The van der Waals surface area contributed by atoms with E-state index < -0.39 is 10.0 Å². The molecule has 1 N–H and O–H groups in total. The van der Waals surface area contributed by atoms with Crippen molar-refractivity contribution in [3.8, 4) is 0 Å². The van der Waals surface area contributed by atoms with E-state index in [1.54, 1.807) is 22.5 Å². The van der Waals surface area contributed by atoms with E-state index in [1.807, 2.05) is 13.8 Å². The van der Waals surface area contributed by atoms with Crippen LogP contribution in [0.4, 0.5) is 5.69 Å². The molecule has 1 atom stereocenters. The number of sulfonamides is 1. The fraction of sp³-hybridized carbons (Fsp3) is 0.350. The first-order chi connectivity index (χ1) is 12.8. The fourth-order valence-corrected chi connectivity index (χ4v) is 5.15. The Bertz CT molecular complexity index is 942. The van der Waals surface area contributed by atoms with E-state index in [9.17, 15) is 13.2 Å². The lowest BCUT2D eigenvalue weighted by Gasteiger charge is -2.32. The average Bonchev–Trinajstić information content (AvgIpc) is 2.65. The maximum absolute atomic E-state index is 12.9. The Morgan fingerprint density at radius 3 is 2.52 bits per heavy atom. The zero-order chi connectivity index (χ0) is 19.6. The van der Waals surface area contributed by atoms with Crippen LogP contribution in [0.2, 0.25) is 5.02 Å². The summed E-state index contributed by atoms with van der Waals surface area (Å²) in [6, 6.07) is 11.4. The van der Waals surface area contributed by atoms with Gasteiger partial charge < -0.3 is 5.32 Å². The number of anilines is 1. The van der Waals surface area contributed by atoms with Crippen LogP contribution in [0.3, 0.4) is 0 Å². The Labute approximate surface area is 165 Å². The molecule has 0 aliphatic carbocycles. The molecule has 0 spiro atoms. The Kier molecular flexibility index (Phi) is 5.89. The normalized spacial score (nSPS) is 18.3. The Morgan fingerprint density at radius 1 is 1.15 bits per heavy atom. The van der Waals surface area contributed by atoms with Crippen LogP contribution in [0.5, 0.6) is 0 Å². The molecule has 3 rings (SSSR count). The number of hydrogen-bond acceptors (Lipinski definition) is 3. The summed E-state index contributed by atoms with van der Waals surface area (Å²) in [5, 5.41) is 3.39. The summed E-state index contributed by atoms with van der Waals surface area (Å²) < 4.78 is 27.3. The molecule has 27 heavy (non-hydrogen) atoms. The van der Waals surface area contributed by atoms with Gasteiger partial charge in [0.05, 0.1) is 4.90 Å². The zero-order valence-electron chi connectivity index (χ0n) is 15.4. The second-order valence-electron chi connectivity index (χ2n) is 6.85. The molecule has 0 saturated carbocycles. The number of rotatable bonds is 4. The molecular formula is C20H23ClN2O3S. The summed E-state index contributed by atoms with van der Waals surface area (Å²) in [7, 11) is -3.54. The molecule has 7 heteroatoms. The molecule has 2 aromatic rings. The van der Waals surface area contributed by atoms with Crippen molar-refractivity contribution in [2.24, 2.45) is 0 Å². The monoisotopic (exact) mass is 406 g/mol. The number of carbonyl (C=O) groups excluding carboxylic acids is 1. The van der Waals surface area contributed by atoms with Gasteiger partial charge in [0.2, 0.25) is 10.0 Å². The van der Waals surface area contributed by atoms with E-state index in [1.165, 1.54) is 24.3 Å². The molecule has 2 aromatic carbocycles. The van der Waals surface area contributed by atoms with Gasteiger partial charge in [-0.05, 0) is 68.7 Å². The molecule has 144 valence electrons. The highest BCUT2D eigenvalue weighted by atomic mass is 35.5. The average molecular weight is 407 g/mol. The van der Waals surface area contributed by atoms with Gasteiger partial charge in [0, 0.05) is 28.9 Å². The minimum absolute atomic E-state index is 0.00229. The maximum atomic E-state index is 12.9. The summed E-state index contributed by atoms with van der Waals surface area (Å²) in [5.74, 6) is -0.310. The number of nitrogens with zero attached hydrogens (tertiary/aromatic N) is 1. The van der Waals surface area contributed by atoms with Crippen LogP contribution in [0.15, 0.2) is 47.4 Å². The lowest BCUT2D eigenvalue weighted by atomic mass is 10.1. The van der Waals surface area contributed by atoms with Crippen molar-refractivity contribution >= 4 is 33.2 Å². The van der Waals surface area contributed by atoms with Gasteiger partial charge in [-0.1, -0.05) is 24.1 Å². The molecule has 0 unspecified atom stereocenters. The highest BCUT2D eigenvalue weighted by molar-refractivity contribution is 7.89. The van der Waals surface area contributed by atoms with Crippen molar-refractivity contribution in [2.75, 3.05) is 11.9 Å². The third-order valence-corrected chi connectivity index (χ3v) is 7.42. The Balaban J connectivity index is 1.78. The number of halogens is 1. The lowest BCUT2D eigenvalue weighted by molar-refractivity contribution is 0.102. The summed E-state index contributed by atoms with van der Waals surface area (Å²) in [6.45, 7) is 4.30. The minimum Gasteiger partial charge on any atom is -0.322 e. The summed E-state index contributed by atoms with van der Waals surface area (Å²) in [5.41, 5.74) is 1.80. The number of benzene rings is 2. The summed E-state index contributed by atoms with van der Waals surface area (Å²) in [4.78, 5) is 12.7. The summed E-state index contributed by atoms with van der Waals surface area (Å²) >= 11 is 6.08. The molecule has 1 fully saturated rings. The van der Waals surface area contributed by atoms with Gasteiger partial charge in [0.25, 0.3) is 5.91 Å². The first kappa shape index (κ1) is 19.9. The third kappa shape index (κ3) is 4.18. The van der Waals surface area contributed by atoms with Gasteiger partial charge in [0.1, 0.15) is 0 Å². The standard InChI is InChI=1S/C20H23ClN2O3S/c1-14-6-3-4-13-23(14)27(25,26)17-11-9-16(10-12-17)20(24)22-19-8-5-7-18(21)15(19)2/h5,7-12,14H,3-4,6,13H2,1-2H3,(H,22,24)/t14-/m0/s1. The van der Waals surface area contributed by atoms with Crippen molar-refractivity contribution < 1.29 is 13.2 Å². The topological polar surface area (TPSA) is 66.5 Å². The minimum atomic E-state index is -3.54. The van der Waals surface area contributed by atoms with Crippen LogP contribution >= 0.6 is 11.6 Å². The van der Waals surface area contributed by atoms with E-state index in [0.717, 1.165) is 24.8 Å². The van der Waals surface area contributed by atoms with Crippen LogP contribution < -0.4 is 5.32 Å². The Hall–Kier alpha value is -1.89. The summed E-state index contributed by atoms with van der Waals surface area (Å²) in [6.07, 6.45) is 2.80. The molecule has 0 bridgehead atoms. The molecule has 1 aliphatic heterocycles. The van der Waals surface area contributed by atoms with Gasteiger partial charge in [-0.2, -0.15) is 4.31 Å². The molecule has 0 aromatic heterocycles. The third-order valence-electron chi connectivity index (χ3n) is 4.98. The van der Waals surface area contributed by atoms with E-state index in [-0.39, 0.29) is 16.8 Å². The number of piperidine rings is 1. The molecule has 1 saturated heterocycles. The number of amides is 1. The van der Waals surface area contributed by atoms with Gasteiger partial charge in [-0.15, -0.1) is 0 Å². The first-order valence-corrected chi connectivity index (χ1v) is 10.8. The van der Waals surface area contributed by atoms with Crippen LogP contribution in [0, 0.1) is 6.92 Å². The second kappa shape index (κ2) is 8.00. The lowest BCUT2D eigenvalue weighted by Crippen LogP contribution is -2.41. The molecular weight excluding hydrogens is 384 g/mol. The Morgan fingerprint density at radius 2 is 1.85 bits per heavy atom. The van der Waals surface area contributed by atoms with E-state index in [4.69, 9.17) is 11.6 Å². The highest BCUT2D eigenvalue weighted by Crippen LogP contribution is 2.26. The molecule has 1 heterocycles. The number of carbonyl (C=O) groups is 1. The second-order valence-corrected chi connectivity index (χ2v) is 9.15. The quantitative estimate of drug-likeness (QED) is 0.814. The number of nitrogens with one attached hydrogen (secondary N) is 1. The van der Waals surface area contributed by atoms with Crippen molar-refractivity contribution in [3.63, 3.8) is 0 Å². The molecule has 0 radical (unpaired) electrons. The largest absolute Gasteiger partial charge is 0.322 e.